The third-order valence-electron chi connectivity index (χ3n) is 6.51. The molecule has 2 heterocycles. The van der Waals surface area contributed by atoms with Gasteiger partial charge in [-0.05, 0) is 24.0 Å². The molecule has 10 nitrogen and oxygen atoms in total. The van der Waals surface area contributed by atoms with Gasteiger partial charge in [0.15, 0.2) is 0 Å². The molecule has 2 aromatic carbocycles. The van der Waals surface area contributed by atoms with Gasteiger partial charge in [0, 0.05) is 25.8 Å². The molecule has 2 aromatic rings. The van der Waals surface area contributed by atoms with Gasteiger partial charge in [0.25, 0.3) is 0 Å². The summed E-state index contributed by atoms with van der Waals surface area (Å²) in [5.41, 5.74) is 1.65. The lowest BCUT2D eigenvalue weighted by Crippen LogP contribution is -2.58. The highest BCUT2D eigenvalue weighted by molar-refractivity contribution is 5.96. The van der Waals surface area contributed by atoms with E-state index in [4.69, 9.17) is 0 Å². The third kappa shape index (κ3) is 7.16. The Bertz CT molecular complexity index is 1140. The van der Waals surface area contributed by atoms with Crippen molar-refractivity contribution in [2.24, 2.45) is 0 Å². The third-order valence-corrected chi connectivity index (χ3v) is 6.51. The molecule has 4 atom stereocenters. The predicted molar refractivity (Wildman–Crippen MR) is 135 cm³/mol. The zero-order chi connectivity index (χ0) is 26.2. The molecule has 4 rings (SSSR count). The highest BCUT2D eigenvalue weighted by atomic mass is 16.2. The van der Waals surface area contributed by atoms with Gasteiger partial charge in [-0.25, -0.2) is 0 Å². The molecule has 5 amide bonds. The molecule has 37 heavy (non-hydrogen) atoms. The first-order valence-electron chi connectivity index (χ1n) is 12.4. The van der Waals surface area contributed by atoms with Gasteiger partial charge in [-0.2, -0.15) is 0 Å². The van der Waals surface area contributed by atoms with Crippen LogP contribution in [0.5, 0.6) is 0 Å². The Morgan fingerprint density at radius 1 is 0.811 bits per heavy atom. The largest absolute Gasteiger partial charge is 0.354 e. The topological polar surface area (TPSA) is 146 Å². The summed E-state index contributed by atoms with van der Waals surface area (Å²) in [6.45, 7) is 0.475. The van der Waals surface area contributed by atoms with E-state index in [1.165, 1.54) is 0 Å². The van der Waals surface area contributed by atoms with Gasteiger partial charge >= 0.3 is 0 Å². The summed E-state index contributed by atoms with van der Waals surface area (Å²) in [4.78, 5) is 63.1. The van der Waals surface area contributed by atoms with Crippen molar-refractivity contribution in [3.05, 3.63) is 71.8 Å². The van der Waals surface area contributed by atoms with Gasteiger partial charge < -0.3 is 26.6 Å². The first-order valence-corrected chi connectivity index (χ1v) is 12.4. The Balaban J connectivity index is 1.51. The van der Waals surface area contributed by atoms with E-state index in [1.54, 1.807) is 0 Å². The van der Waals surface area contributed by atoms with Crippen molar-refractivity contribution in [3.63, 3.8) is 0 Å². The quantitative estimate of drug-likeness (QED) is 0.302. The van der Waals surface area contributed by atoms with Crippen LogP contribution in [0.3, 0.4) is 0 Å². The summed E-state index contributed by atoms with van der Waals surface area (Å²) in [6, 6.07) is 15.1. The van der Waals surface area contributed by atoms with Crippen molar-refractivity contribution in [1.29, 1.82) is 0 Å². The molecule has 0 radical (unpaired) electrons. The molecule has 10 heteroatoms. The van der Waals surface area contributed by atoms with E-state index in [-0.39, 0.29) is 31.1 Å². The van der Waals surface area contributed by atoms with E-state index >= 15 is 0 Å². The molecule has 2 aliphatic heterocycles. The van der Waals surface area contributed by atoms with Crippen LogP contribution in [0.25, 0.3) is 0 Å². The van der Waals surface area contributed by atoms with Gasteiger partial charge in [-0.1, -0.05) is 60.7 Å². The normalized spacial score (nSPS) is 20.3. The summed E-state index contributed by atoms with van der Waals surface area (Å²) >= 11 is 0. The van der Waals surface area contributed by atoms with E-state index in [2.05, 4.69) is 26.6 Å². The molecule has 2 unspecified atom stereocenters. The lowest BCUT2D eigenvalue weighted by molar-refractivity contribution is -0.133. The smallest absolute Gasteiger partial charge is 0.243 e. The molecule has 0 spiro atoms. The Morgan fingerprint density at radius 2 is 1.41 bits per heavy atom. The highest BCUT2D eigenvalue weighted by Crippen LogP contribution is 2.11. The average Bonchev–Trinajstić information content (AvgIpc) is 3.52. The van der Waals surface area contributed by atoms with E-state index in [0.29, 0.717) is 19.4 Å². The highest BCUT2D eigenvalue weighted by Gasteiger charge is 2.33. The van der Waals surface area contributed by atoms with Crippen LogP contribution in [0.2, 0.25) is 0 Å². The van der Waals surface area contributed by atoms with Crippen molar-refractivity contribution < 1.29 is 24.0 Å². The molecule has 5 N–H and O–H groups in total. The fourth-order valence-corrected chi connectivity index (χ4v) is 4.48. The second kappa shape index (κ2) is 12.2. The SMILES string of the molecule is O=C1CCC(C(=O)NC(Cc2ccccc2)C(=O)N[C@@H](Cc2ccccc2)C(=O)N[C@@H]2CCNC2=O)N1. The summed E-state index contributed by atoms with van der Waals surface area (Å²) in [6.07, 6.45) is 1.48. The van der Waals surface area contributed by atoms with Gasteiger partial charge in [-0.15, -0.1) is 0 Å². The van der Waals surface area contributed by atoms with Crippen LogP contribution in [0.15, 0.2) is 60.7 Å². The van der Waals surface area contributed by atoms with E-state index in [0.717, 1.165) is 11.1 Å². The Labute approximate surface area is 215 Å². The minimum absolute atomic E-state index is 0.198. The molecule has 0 saturated carbocycles. The second-order valence-electron chi connectivity index (χ2n) is 9.30. The number of hydrogen-bond donors (Lipinski definition) is 5. The van der Waals surface area contributed by atoms with Gasteiger partial charge in [0.2, 0.25) is 29.5 Å². The van der Waals surface area contributed by atoms with Gasteiger partial charge in [0.1, 0.15) is 24.2 Å². The maximum Gasteiger partial charge on any atom is 0.243 e. The summed E-state index contributed by atoms with van der Waals surface area (Å²) in [5.74, 6) is -1.93. The molecule has 194 valence electrons. The van der Waals surface area contributed by atoms with Crippen LogP contribution in [0.4, 0.5) is 0 Å². The van der Waals surface area contributed by atoms with Gasteiger partial charge in [-0.3, -0.25) is 24.0 Å². The second-order valence-corrected chi connectivity index (χ2v) is 9.30. The maximum absolute atomic E-state index is 13.5. The number of rotatable bonds is 10. The van der Waals surface area contributed by atoms with Crippen LogP contribution < -0.4 is 26.6 Å². The first kappa shape index (κ1) is 25.9. The fraction of sp³-hybridized carbons (Fsp3) is 0.370. The standard InChI is InChI=1S/C27H31N5O5/c33-23-12-11-19(29-23)25(35)31-22(16-18-9-5-2-6-10-18)27(37)32-21(15-17-7-3-1-4-8-17)26(36)30-20-13-14-28-24(20)34/h1-10,19-22H,11-16H2,(H,28,34)(H,29,33)(H,30,36)(H,31,35)(H,32,37)/t19?,20-,21+,22?/m1/s1. The minimum Gasteiger partial charge on any atom is -0.354 e. The monoisotopic (exact) mass is 505 g/mol. The number of amides is 5. The molecule has 0 aromatic heterocycles. The Hall–Kier alpha value is -4.21. The van der Waals surface area contributed by atoms with Crippen molar-refractivity contribution >= 4 is 29.5 Å². The molecule has 2 fully saturated rings. The van der Waals surface area contributed by atoms with Crippen LogP contribution in [0.1, 0.15) is 30.4 Å². The van der Waals surface area contributed by atoms with Crippen LogP contribution >= 0.6 is 0 Å². The number of hydrogen-bond acceptors (Lipinski definition) is 5. The van der Waals surface area contributed by atoms with Crippen LogP contribution in [-0.2, 0) is 36.8 Å². The Kier molecular flexibility index (Phi) is 8.50. The number of carbonyl (C=O) groups excluding carboxylic acids is 5. The summed E-state index contributed by atoms with van der Waals surface area (Å²) in [7, 11) is 0. The molecular formula is C27H31N5O5. The minimum atomic E-state index is -0.978. The van der Waals surface area contributed by atoms with Crippen molar-refractivity contribution in [3.8, 4) is 0 Å². The van der Waals surface area contributed by atoms with E-state index in [1.807, 2.05) is 60.7 Å². The number of carbonyl (C=O) groups is 5. The number of benzene rings is 2. The van der Waals surface area contributed by atoms with Crippen LogP contribution in [-0.4, -0.2) is 60.2 Å². The maximum atomic E-state index is 13.5. The summed E-state index contributed by atoms with van der Waals surface area (Å²) in [5, 5.41) is 13.6. The molecule has 2 saturated heterocycles. The molecular weight excluding hydrogens is 474 g/mol. The molecule has 0 bridgehead atoms. The molecule has 0 aliphatic carbocycles. The van der Waals surface area contributed by atoms with Gasteiger partial charge in [0.05, 0.1) is 0 Å². The summed E-state index contributed by atoms with van der Waals surface area (Å²) < 4.78 is 0. The first-order chi connectivity index (χ1) is 17.9. The van der Waals surface area contributed by atoms with Crippen molar-refractivity contribution in [2.75, 3.05) is 6.54 Å². The predicted octanol–water partition coefficient (Wildman–Crippen LogP) is -0.275. The van der Waals surface area contributed by atoms with E-state index in [9.17, 15) is 24.0 Å². The fourth-order valence-electron chi connectivity index (χ4n) is 4.48. The van der Waals surface area contributed by atoms with Crippen molar-refractivity contribution in [1.82, 2.24) is 26.6 Å². The van der Waals surface area contributed by atoms with Crippen LogP contribution in [0, 0.1) is 0 Å². The lowest BCUT2D eigenvalue weighted by atomic mass is 10.0. The van der Waals surface area contributed by atoms with E-state index < -0.39 is 41.9 Å². The number of nitrogens with one attached hydrogen (secondary N) is 5. The Morgan fingerprint density at radius 3 is 1.92 bits per heavy atom. The average molecular weight is 506 g/mol. The molecule has 2 aliphatic rings. The van der Waals surface area contributed by atoms with Crippen molar-refractivity contribution in [2.45, 2.75) is 56.3 Å². The lowest BCUT2D eigenvalue weighted by Gasteiger charge is -2.25. The zero-order valence-corrected chi connectivity index (χ0v) is 20.4. The zero-order valence-electron chi connectivity index (χ0n) is 20.4.